The molecule has 4 aliphatic heterocycles. The lowest BCUT2D eigenvalue weighted by Gasteiger charge is -2.44. The minimum atomic E-state index is -0.379. The summed E-state index contributed by atoms with van der Waals surface area (Å²) in [6.07, 6.45) is 1.76. The summed E-state index contributed by atoms with van der Waals surface area (Å²) in [6.45, 7) is 7.60. The van der Waals surface area contributed by atoms with Crippen LogP contribution in [0, 0.1) is 17.2 Å². The van der Waals surface area contributed by atoms with Gasteiger partial charge in [0, 0.05) is 23.1 Å². The second-order valence-electron chi connectivity index (χ2n) is 10.0. The maximum absolute atomic E-state index is 13.9. The molecule has 1 unspecified atom stereocenters. The van der Waals surface area contributed by atoms with Crippen molar-refractivity contribution in [3.8, 4) is 22.6 Å². The smallest absolute Gasteiger partial charge is 0.407 e. The van der Waals surface area contributed by atoms with E-state index in [1.54, 1.807) is 13.2 Å². The van der Waals surface area contributed by atoms with Gasteiger partial charge in [0.1, 0.15) is 23.4 Å². The van der Waals surface area contributed by atoms with Gasteiger partial charge in [0.15, 0.2) is 0 Å². The number of rotatable bonds is 4. The topological polar surface area (TPSA) is 60.0 Å². The van der Waals surface area contributed by atoms with E-state index in [0.29, 0.717) is 29.6 Å². The van der Waals surface area contributed by atoms with Crippen molar-refractivity contribution >= 4 is 6.09 Å². The van der Waals surface area contributed by atoms with Crippen LogP contribution < -0.4 is 14.8 Å². The Morgan fingerprint density at radius 3 is 2.67 bits per heavy atom. The normalized spacial score (nSPS) is 27.3. The Hall–Kier alpha value is -2.80. The number of methoxy groups -OCH3 is 1. The zero-order valence-corrected chi connectivity index (χ0v) is 19.4. The van der Waals surface area contributed by atoms with Gasteiger partial charge in [0.25, 0.3) is 0 Å². The van der Waals surface area contributed by atoms with Crippen molar-refractivity contribution in [2.24, 2.45) is 11.3 Å². The van der Waals surface area contributed by atoms with Crippen LogP contribution in [0.25, 0.3) is 11.1 Å². The van der Waals surface area contributed by atoms with Crippen molar-refractivity contribution in [1.29, 1.82) is 0 Å². The maximum atomic E-state index is 13.9. The zero-order chi connectivity index (χ0) is 23.2. The molecule has 2 aromatic carbocycles. The number of benzene rings is 2. The van der Waals surface area contributed by atoms with Crippen LogP contribution in [0.4, 0.5) is 9.18 Å². The number of fused-ring (bicyclic) bond motifs is 4. The first kappa shape index (κ1) is 22.0. The van der Waals surface area contributed by atoms with Crippen LogP contribution in [0.3, 0.4) is 0 Å². The third-order valence-corrected chi connectivity index (χ3v) is 7.30. The van der Waals surface area contributed by atoms with Crippen LogP contribution in [0.2, 0.25) is 0 Å². The molecule has 0 aromatic heterocycles. The Kier molecular flexibility index (Phi) is 5.69. The number of halogens is 1. The summed E-state index contributed by atoms with van der Waals surface area (Å²) in [5.41, 5.74) is 2.01. The van der Waals surface area contributed by atoms with Gasteiger partial charge < -0.3 is 19.5 Å². The number of hydrogen-bond acceptors (Lipinski definition) is 5. The van der Waals surface area contributed by atoms with Gasteiger partial charge in [-0.1, -0.05) is 26.0 Å². The van der Waals surface area contributed by atoms with Gasteiger partial charge in [-0.2, -0.15) is 0 Å². The number of nitrogens with one attached hydrogen (secondary N) is 1. The standard InChI is InChI=1S/C26H31FN2O4/c1-26(2)15-32-22-12-17(20-13-18(27)5-7-21(20)31-3)4-6-19(22)24(26)28-25(30)33-23-14-29-10-8-16(23)9-11-29/h4-7,12-13,16,23-24H,8-11,14-15H2,1-3H3,(H,28,30)/t23-,24?/m0/s1. The highest BCUT2D eigenvalue weighted by Crippen LogP contribution is 2.45. The summed E-state index contributed by atoms with van der Waals surface area (Å²) < 4.78 is 31.3. The fourth-order valence-electron chi connectivity index (χ4n) is 5.35. The Morgan fingerprint density at radius 2 is 1.97 bits per heavy atom. The highest BCUT2D eigenvalue weighted by Gasteiger charge is 2.41. The molecule has 0 spiro atoms. The first-order chi connectivity index (χ1) is 15.8. The highest BCUT2D eigenvalue weighted by molar-refractivity contribution is 5.73. The van der Waals surface area contributed by atoms with Gasteiger partial charge in [-0.3, -0.25) is 4.90 Å². The van der Waals surface area contributed by atoms with Crippen LogP contribution in [0.1, 0.15) is 38.3 Å². The lowest BCUT2D eigenvalue weighted by atomic mass is 9.78. The Morgan fingerprint density at radius 1 is 1.18 bits per heavy atom. The molecule has 1 amide bonds. The highest BCUT2D eigenvalue weighted by atomic mass is 19.1. The quantitative estimate of drug-likeness (QED) is 0.721. The monoisotopic (exact) mass is 454 g/mol. The number of nitrogens with zero attached hydrogens (tertiary/aromatic N) is 1. The van der Waals surface area contributed by atoms with E-state index in [0.717, 1.165) is 43.6 Å². The van der Waals surface area contributed by atoms with Crippen molar-refractivity contribution < 1.29 is 23.4 Å². The van der Waals surface area contributed by atoms with Crippen molar-refractivity contribution in [2.45, 2.75) is 38.8 Å². The van der Waals surface area contributed by atoms with Crippen LogP contribution in [0.15, 0.2) is 36.4 Å². The molecule has 4 aliphatic rings. The predicted octanol–water partition coefficient (Wildman–Crippen LogP) is 4.78. The average molecular weight is 455 g/mol. The summed E-state index contributed by atoms with van der Waals surface area (Å²) in [7, 11) is 1.56. The lowest BCUT2D eigenvalue weighted by molar-refractivity contribution is -0.0361. The molecule has 3 fully saturated rings. The Labute approximate surface area is 194 Å². The Bertz CT molecular complexity index is 1050. The largest absolute Gasteiger partial charge is 0.496 e. The van der Waals surface area contributed by atoms with Gasteiger partial charge in [0.05, 0.1) is 19.8 Å². The number of piperidine rings is 3. The van der Waals surface area contributed by atoms with Crippen LogP contribution in [0.5, 0.6) is 11.5 Å². The first-order valence-electron chi connectivity index (χ1n) is 11.6. The van der Waals surface area contributed by atoms with E-state index in [9.17, 15) is 9.18 Å². The number of hydrogen-bond donors (Lipinski definition) is 1. The third kappa shape index (κ3) is 4.26. The average Bonchev–Trinajstić information content (AvgIpc) is 2.81. The Balaban J connectivity index is 1.38. The summed E-state index contributed by atoms with van der Waals surface area (Å²) in [4.78, 5) is 15.3. The van der Waals surface area contributed by atoms with E-state index in [1.165, 1.54) is 12.1 Å². The molecule has 2 aromatic rings. The molecule has 1 N–H and O–H groups in total. The zero-order valence-electron chi connectivity index (χ0n) is 19.4. The molecule has 2 bridgehead atoms. The minimum Gasteiger partial charge on any atom is -0.496 e. The molecule has 0 radical (unpaired) electrons. The molecule has 0 aliphatic carbocycles. The van der Waals surface area contributed by atoms with E-state index in [-0.39, 0.29) is 29.5 Å². The first-order valence-corrected chi connectivity index (χ1v) is 11.6. The molecule has 33 heavy (non-hydrogen) atoms. The van der Waals surface area contributed by atoms with E-state index in [1.807, 2.05) is 18.2 Å². The van der Waals surface area contributed by atoms with Gasteiger partial charge in [-0.25, -0.2) is 9.18 Å². The van der Waals surface area contributed by atoms with E-state index in [2.05, 4.69) is 24.1 Å². The molecule has 6 rings (SSSR count). The van der Waals surface area contributed by atoms with Crippen molar-refractivity contribution in [3.63, 3.8) is 0 Å². The molecule has 176 valence electrons. The van der Waals surface area contributed by atoms with Crippen molar-refractivity contribution in [1.82, 2.24) is 10.2 Å². The minimum absolute atomic E-state index is 0.0438. The molecule has 6 nitrogen and oxygen atoms in total. The summed E-state index contributed by atoms with van der Waals surface area (Å²) in [6, 6.07) is 9.91. The molecule has 2 atom stereocenters. The number of amides is 1. The summed E-state index contributed by atoms with van der Waals surface area (Å²) in [5, 5.41) is 3.12. The summed E-state index contributed by atoms with van der Waals surface area (Å²) >= 11 is 0. The molecular formula is C26H31FN2O4. The van der Waals surface area contributed by atoms with Gasteiger partial charge in [0.2, 0.25) is 0 Å². The van der Waals surface area contributed by atoms with E-state index < -0.39 is 0 Å². The van der Waals surface area contributed by atoms with E-state index >= 15 is 0 Å². The fourth-order valence-corrected chi connectivity index (χ4v) is 5.35. The van der Waals surface area contributed by atoms with Gasteiger partial charge in [-0.15, -0.1) is 0 Å². The molecule has 0 saturated carbocycles. The van der Waals surface area contributed by atoms with Crippen LogP contribution in [-0.4, -0.2) is 50.4 Å². The predicted molar refractivity (Wildman–Crippen MR) is 123 cm³/mol. The van der Waals surface area contributed by atoms with Crippen molar-refractivity contribution in [2.75, 3.05) is 33.4 Å². The lowest BCUT2D eigenvalue weighted by Crippen LogP contribution is -2.53. The SMILES string of the molecule is COc1ccc(F)cc1-c1ccc2c(c1)OCC(C)(C)C2NC(=O)O[C@H]1CN2CCC1CC2. The fraction of sp³-hybridized carbons (Fsp3) is 0.500. The second kappa shape index (κ2) is 8.52. The third-order valence-electron chi connectivity index (χ3n) is 7.30. The van der Waals surface area contributed by atoms with E-state index in [4.69, 9.17) is 14.2 Å². The molecule has 4 heterocycles. The summed E-state index contributed by atoms with van der Waals surface area (Å²) in [5.74, 6) is 1.38. The second-order valence-corrected chi connectivity index (χ2v) is 10.0. The van der Waals surface area contributed by atoms with Crippen LogP contribution in [-0.2, 0) is 4.74 Å². The molecular weight excluding hydrogens is 423 g/mol. The number of carbonyl (C=O) groups is 1. The maximum Gasteiger partial charge on any atom is 0.407 e. The van der Waals surface area contributed by atoms with Crippen molar-refractivity contribution in [3.05, 3.63) is 47.8 Å². The van der Waals surface area contributed by atoms with Crippen LogP contribution >= 0.6 is 0 Å². The number of alkyl carbamates (subject to hydrolysis) is 1. The number of ether oxygens (including phenoxy) is 3. The van der Waals surface area contributed by atoms with Gasteiger partial charge >= 0.3 is 6.09 Å². The molecule has 3 saturated heterocycles. The number of carbonyl (C=O) groups excluding carboxylic acids is 1. The van der Waals surface area contributed by atoms with Gasteiger partial charge in [-0.05, 0) is 61.7 Å². The molecule has 7 heteroatoms.